The third-order valence-corrected chi connectivity index (χ3v) is 7.53. The highest BCUT2D eigenvalue weighted by Gasteiger charge is 2.27. The lowest BCUT2D eigenvalue weighted by Gasteiger charge is -2.31. The van der Waals surface area contributed by atoms with Crippen molar-refractivity contribution in [2.75, 3.05) is 31.6 Å². The molecule has 2 N–H and O–H groups in total. The average Bonchev–Trinajstić information content (AvgIpc) is 3.12. The number of hydrogen-bond acceptors (Lipinski definition) is 6. The smallest absolute Gasteiger partial charge is 0.195 e. The van der Waals surface area contributed by atoms with Gasteiger partial charge in [0.05, 0.1) is 4.90 Å². The zero-order valence-corrected chi connectivity index (χ0v) is 19.5. The lowest BCUT2D eigenvalue weighted by molar-refractivity contribution is 0.103. The quantitative estimate of drug-likeness (QED) is 0.523. The van der Waals surface area contributed by atoms with Crippen LogP contribution < -0.4 is 5.73 Å². The monoisotopic (exact) mass is 454 g/mol. The SMILES string of the molecule is CCCCN1CCC(c2c(N)oc3ccc(C(=O)c4ccccc4S(C)(=O)=O)cc23)CC1. The molecule has 7 heteroatoms. The predicted molar refractivity (Wildman–Crippen MR) is 127 cm³/mol. The number of rotatable bonds is 7. The van der Waals surface area contributed by atoms with Crippen LogP contribution in [0.1, 0.15) is 60.0 Å². The van der Waals surface area contributed by atoms with Gasteiger partial charge in [-0.2, -0.15) is 0 Å². The molecule has 0 unspecified atom stereocenters. The van der Waals surface area contributed by atoms with E-state index >= 15 is 0 Å². The number of carbonyl (C=O) groups excluding carboxylic acids is 1. The third kappa shape index (κ3) is 4.45. The Morgan fingerprint density at radius 1 is 1.16 bits per heavy atom. The summed E-state index contributed by atoms with van der Waals surface area (Å²) in [7, 11) is -3.53. The molecule has 1 fully saturated rings. The second-order valence-electron chi connectivity index (χ2n) is 8.66. The second kappa shape index (κ2) is 9.08. The maximum atomic E-state index is 13.3. The molecule has 0 saturated carbocycles. The van der Waals surface area contributed by atoms with Crippen LogP contribution in [0.25, 0.3) is 11.0 Å². The van der Waals surface area contributed by atoms with Crippen molar-refractivity contribution in [1.29, 1.82) is 0 Å². The second-order valence-corrected chi connectivity index (χ2v) is 10.6. The number of nitrogen functional groups attached to an aromatic ring is 1. The molecule has 0 aliphatic carbocycles. The van der Waals surface area contributed by atoms with E-state index < -0.39 is 9.84 Å². The van der Waals surface area contributed by atoms with E-state index in [0.29, 0.717) is 17.0 Å². The Morgan fingerprint density at radius 2 is 1.88 bits per heavy atom. The van der Waals surface area contributed by atoms with Gasteiger partial charge in [0.2, 0.25) is 0 Å². The Labute approximate surface area is 189 Å². The molecule has 1 saturated heterocycles. The lowest BCUT2D eigenvalue weighted by Crippen LogP contribution is -2.33. The van der Waals surface area contributed by atoms with Crippen molar-refractivity contribution in [3.05, 3.63) is 59.2 Å². The molecule has 1 aliphatic heterocycles. The van der Waals surface area contributed by atoms with Gasteiger partial charge in [0.15, 0.2) is 21.5 Å². The normalized spacial score (nSPS) is 15.9. The van der Waals surface area contributed by atoms with Gasteiger partial charge in [0.25, 0.3) is 0 Å². The summed E-state index contributed by atoms with van der Waals surface area (Å²) in [4.78, 5) is 15.8. The minimum atomic E-state index is -3.53. The summed E-state index contributed by atoms with van der Waals surface area (Å²) >= 11 is 0. The van der Waals surface area contributed by atoms with E-state index in [9.17, 15) is 13.2 Å². The average molecular weight is 455 g/mol. The first-order valence-electron chi connectivity index (χ1n) is 11.2. The molecule has 32 heavy (non-hydrogen) atoms. The highest BCUT2D eigenvalue weighted by atomic mass is 32.2. The molecule has 0 bridgehead atoms. The number of unbranched alkanes of at least 4 members (excludes halogenated alkanes) is 1. The number of carbonyl (C=O) groups is 1. The van der Waals surface area contributed by atoms with Crippen LogP contribution in [0.4, 0.5) is 5.88 Å². The largest absolute Gasteiger partial charge is 0.441 e. The first-order chi connectivity index (χ1) is 15.3. The van der Waals surface area contributed by atoms with Crippen LogP contribution in [-0.4, -0.2) is 45.0 Å². The fraction of sp³-hybridized carbons (Fsp3) is 0.400. The van der Waals surface area contributed by atoms with E-state index in [4.69, 9.17) is 10.2 Å². The highest BCUT2D eigenvalue weighted by molar-refractivity contribution is 7.90. The van der Waals surface area contributed by atoms with Crippen molar-refractivity contribution in [3.63, 3.8) is 0 Å². The van der Waals surface area contributed by atoms with Crippen LogP contribution in [-0.2, 0) is 9.84 Å². The number of ketones is 1. The minimum absolute atomic E-state index is 0.0384. The summed E-state index contributed by atoms with van der Waals surface area (Å²) in [5, 5.41) is 0.845. The molecule has 0 spiro atoms. The molecule has 4 rings (SSSR count). The van der Waals surface area contributed by atoms with E-state index in [0.717, 1.165) is 49.7 Å². The maximum Gasteiger partial charge on any atom is 0.195 e. The van der Waals surface area contributed by atoms with Crippen LogP contribution in [0.3, 0.4) is 0 Å². The maximum absolute atomic E-state index is 13.3. The number of furan rings is 1. The molecule has 1 aliphatic rings. The van der Waals surface area contributed by atoms with Gasteiger partial charge in [-0.3, -0.25) is 4.79 Å². The number of hydrogen-bond donors (Lipinski definition) is 1. The van der Waals surface area contributed by atoms with E-state index in [2.05, 4.69) is 11.8 Å². The van der Waals surface area contributed by atoms with Crippen molar-refractivity contribution in [3.8, 4) is 0 Å². The number of anilines is 1. The van der Waals surface area contributed by atoms with E-state index in [1.807, 2.05) is 0 Å². The van der Waals surface area contributed by atoms with Gasteiger partial charge in [-0.15, -0.1) is 0 Å². The van der Waals surface area contributed by atoms with Gasteiger partial charge in [0, 0.05) is 28.3 Å². The Balaban J connectivity index is 1.67. The third-order valence-electron chi connectivity index (χ3n) is 6.37. The van der Waals surface area contributed by atoms with Crippen molar-refractivity contribution < 1.29 is 17.6 Å². The minimum Gasteiger partial charge on any atom is -0.441 e. The molecule has 6 nitrogen and oxygen atoms in total. The molecule has 3 aromatic rings. The number of nitrogens with zero attached hydrogens (tertiary/aromatic N) is 1. The number of likely N-dealkylation sites (tertiary alicyclic amines) is 1. The van der Waals surface area contributed by atoms with Crippen molar-refractivity contribution in [2.24, 2.45) is 0 Å². The zero-order chi connectivity index (χ0) is 22.9. The van der Waals surface area contributed by atoms with Crippen LogP contribution in [0, 0.1) is 0 Å². The Morgan fingerprint density at radius 3 is 2.56 bits per heavy atom. The summed E-state index contributed by atoms with van der Waals surface area (Å²) in [6.07, 6.45) is 5.51. The highest BCUT2D eigenvalue weighted by Crippen LogP contribution is 2.39. The van der Waals surface area contributed by atoms with Gasteiger partial charge in [-0.1, -0.05) is 25.5 Å². The molecule has 0 amide bonds. The van der Waals surface area contributed by atoms with Gasteiger partial charge in [0.1, 0.15) is 5.58 Å². The number of piperidine rings is 1. The first kappa shape index (κ1) is 22.6. The van der Waals surface area contributed by atoms with Crippen LogP contribution in [0.2, 0.25) is 0 Å². The number of sulfone groups is 1. The van der Waals surface area contributed by atoms with Gasteiger partial charge < -0.3 is 15.1 Å². The van der Waals surface area contributed by atoms with Crippen molar-refractivity contribution in [2.45, 2.75) is 43.4 Å². The molecule has 1 aromatic heterocycles. The molecule has 170 valence electrons. The number of nitrogens with two attached hydrogens (primary N) is 1. The standard InChI is InChI=1S/C25H30N2O4S/c1-3-4-13-27-14-11-17(12-15-27)23-20-16-18(9-10-21(20)31-25(23)26)24(28)19-7-5-6-8-22(19)32(2,29)30/h5-10,16-17H,3-4,11-15,26H2,1-2H3. The number of benzene rings is 2. The van der Waals surface area contributed by atoms with Gasteiger partial charge in [-0.05, 0) is 75.1 Å². The van der Waals surface area contributed by atoms with E-state index in [1.165, 1.54) is 18.9 Å². The fourth-order valence-electron chi connectivity index (χ4n) is 4.66. The summed E-state index contributed by atoms with van der Waals surface area (Å²) < 4.78 is 30.2. The Kier molecular flexibility index (Phi) is 6.40. The topological polar surface area (TPSA) is 93.6 Å². The van der Waals surface area contributed by atoms with Crippen LogP contribution in [0.5, 0.6) is 0 Å². The van der Waals surface area contributed by atoms with E-state index in [1.54, 1.807) is 36.4 Å². The van der Waals surface area contributed by atoms with Gasteiger partial charge >= 0.3 is 0 Å². The predicted octanol–water partition coefficient (Wildman–Crippen LogP) is 4.63. The number of fused-ring (bicyclic) bond motifs is 1. The summed E-state index contributed by atoms with van der Waals surface area (Å²) in [6, 6.07) is 11.5. The molecule has 0 radical (unpaired) electrons. The Bertz CT molecular complexity index is 1240. The van der Waals surface area contributed by atoms with Crippen LogP contribution in [0.15, 0.2) is 51.8 Å². The lowest BCUT2D eigenvalue weighted by atomic mass is 9.87. The zero-order valence-electron chi connectivity index (χ0n) is 18.6. The Hall–Kier alpha value is -2.64. The molecule has 0 atom stereocenters. The summed E-state index contributed by atoms with van der Waals surface area (Å²) in [5.74, 6) is 0.365. The summed E-state index contributed by atoms with van der Waals surface area (Å²) in [5.41, 5.74) is 8.50. The fourth-order valence-corrected chi connectivity index (χ4v) is 5.54. The summed E-state index contributed by atoms with van der Waals surface area (Å²) in [6.45, 7) is 5.38. The van der Waals surface area contributed by atoms with E-state index in [-0.39, 0.29) is 22.2 Å². The molecular formula is C25H30N2O4S. The van der Waals surface area contributed by atoms with Crippen molar-refractivity contribution in [1.82, 2.24) is 4.90 Å². The molecule has 2 heterocycles. The van der Waals surface area contributed by atoms with Gasteiger partial charge in [-0.25, -0.2) is 8.42 Å². The van der Waals surface area contributed by atoms with Crippen LogP contribution >= 0.6 is 0 Å². The molecular weight excluding hydrogens is 424 g/mol. The van der Waals surface area contributed by atoms with Crippen molar-refractivity contribution >= 4 is 32.5 Å². The first-order valence-corrected chi connectivity index (χ1v) is 13.1. The molecule has 2 aromatic carbocycles.